The summed E-state index contributed by atoms with van der Waals surface area (Å²) in [6.45, 7) is 10.1. The fourth-order valence-corrected chi connectivity index (χ4v) is 2.40. The van der Waals surface area contributed by atoms with Crippen LogP contribution >= 0.6 is 0 Å². The molecule has 0 spiro atoms. The Morgan fingerprint density at radius 2 is 2.05 bits per heavy atom. The van der Waals surface area contributed by atoms with Crippen LogP contribution in [0.2, 0.25) is 0 Å². The van der Waals surface area contributed by atoms with E-state index in [4.69, 9.17) is 0 Å². The molecule has 1 aliphatic heterocycles. The predicted molar refractivity (Wildman–Crippen MR) is 79.7 cm³/mol. The Kier molecular flexibility index (Phi) is 3.83. The number of urea groups is 1. The van der Waals surface area contributed by atoms with Crippen LogP contribution in [0.15, 0.2) is 24.3 Å². The van der Waals surface area contributed by atoms with Crippen molar-refractivity contribution in [2.24, 2.45) is 5.41 Å². The molecular weight excluding hydrogens is 236 g/mol. The second-order valence-corrected chi connectivity index (χ2v) is 6.62. The van der Waals surface area contributed by atoms with Crippen LogP contribution in [-0.2, 0) is 0 Å². The fourth-order valence-electron chi connectivity index (χ4n) is 2.40. The summed E-state index contributed by atoms with van der Waals surface area (Å²) in [6, 6.07) is 8.24. The van der Waals surface area contributed by atoms with Crippen LogP contribution in [0, 0.1) is 5.41 Å². The lowest BCUT2D eigenvalue weighted by molar-refractivity contribution is 0.240. The van der Waals surface area contributed by atoms with Gasteiger partial charge in [0.15, 0.2) is 0 Å². The van der Waals surface area contributed by atoms with Crippen LogP contribution in [0.1, 0.15) is 45.6 Å². The van der Waals surface area contributed by atoms with Gasteiger partial charge in [0.25, 0.3) is 0 Å². The number of rotatable bonds is 1. The lowest BCUT2D eigenvalue weighted by atomic mass is 9.92. The third-order valence-electron chi connectivity index (χ3n) is 3.56. The summed E-state index contributed by atoms with van der Waals surface area (Å²) in [5.74, 6) is 0.530. The molecule has 2 rings (SSSR count). The molecule has 1 aliphatic rings. The number of benzene rings is 1. The topological polar surface area (TPSA) is 32.3 Å². The van der Waals surface area contributed by atoms with Crippen molar-refractivity contribution in [1.82, 2.24) is 5.32 Å². The van der Waals surface area contributed by atoms with Crippen molar-refractivity contribution in [1.29, 1.82) is 0 Å². The number of nitrogens with one attached hydrogen (secondary N) is 1. The van der Waals surface area contributed by atoms with Crippen molar-refractivity contribution < 1.29 is 4.79 Å². The minimum absolute atomic E-state index is 0.0225. The maximum absolute atomic E-state index is 12.3. The molecule has 0 bridgehead atoms. The van der Waals surface area contributed by atoms with Gasteiger partial charge in [-0.25, -0.2) is 4.79 Å². The molecule has 0 aromatic heterocycles. The molecule has 1 unspecified atom stereocenters. The lowest BCUT2D eigenvalue weighted by Crippen LogP contribution is -2.45. The number of nitrogens with zero attached hydrogens (tertiary/aromatic N) is 1. The average molecular weight is 260 g/mol. The number of anilines is 1. The number of fused-ring (bicyclic) bond motifs is 1. The molecule has 3 nitrogen and oxygen atoms in total. The number of hydrogen-bond acceptors (Lipinski definition) is 1. The van der Waals surface area contributed by atoms with Gasteiger partial charge in [-0.15, -0.1) is 0 Å². The van der Waals surface area contributed by atoms with E-state index >= 15 is 0 Å². The van der Waals surface area contributed by atoms with Gasteiger partial charge in [0.1, 0.15) is 0 Å². The molecule has 104 valence electrons. The molecular formula is C16H24N2O. The minimum Gasteiger partial charge on any atom is -0.337 e. The molecule has 0 aliphatic carbocycles. The smallest absolute Gasteiger partial charge is 0.321 e. The lowest BCUT2D eigenvalue weighted by Gasteiger charge is -2.33. The molecule has 1 N–H and O–H groups in total. The molecule has 2 amide bonds. The van der Waals surface area contributed by atoms with Gasteiger partial charge in [-0.1, -0.05) is 45.9 Å². The molecule has 3 heteroatoms. The Hall–Kier alpha value is -1.51. The quantitative estimate of drug-likeness (QED) is 0.819. The van der Waals surface area contributed by atoms with Crippen LogP contribution in [0.5, 0.6) is 0 Å². The van der Waals surface area contributed by atoms with E-state index < -0.39 is 0 Å². The van der Waals surface area contributed by atoms with Gasteiger partial charge in [0, 0.05) is 18.8 Å². The number of carbonyl (C=O) groups excluding carboxylic acids is 1. The Bertz CT molecular complexity index is 462. The summed E-state index contributed by atoms with van der Waals surface area (Å²) in [6.07, 6.45) is 1.03. The minimum atomic E-state index is 0.0225. The molecule has 0 saturated carbocycles. The molecule has 0 radical (unpaired) electrons. The number of carbonyl (C=O) groups is 1. The van der Waals surface area contributed by atoms with Gasteiger partial charge in [-0.05, 0) is 29.4 Å². The summed E-state index contributed by atoms with van der Waals surface area (Å²) in [5, 5.41) is 3.04. The Labute approximate surface area is 116 Å². The summed E-state index contributed by atoms with van der Waals surface area (Å²) >= 11 is 0. The largest absolute Gasteiger partial charge is 0.337 e. The van der Waals surface area contributed by atoms with Crippen LogP contribution < -0.4 is 10.2 Å². The number of hydrogen-bond donors (Lipinski definition) is 1. The maximum Gasteiger partial charge on any atom is 0.321 e. The van der Waals surface area contributed by atoms with E-state index in [1.165, 1.54) is 5.56 Å². The first-order chi connectivity index (χ1) is 8.88. The third kappa shape index (κ3) is 3.28. The van der Waals surface area contributed by atoms with Gasteiger partial charge in [0.05, 0.1) is 0 Å². The van der Waals surface area contributed by atoms with E-state index in [1.807, 2.05) is 23.1 Å². The van der Waals surface area contributed by atoms with E-state index in [0.29, 0.717) is 12.5 Å². The second-order valence-electron chi connectivity index (χ2n) is 6.62. The van der Waals surface area contributed by atoms with Gasteiger partial charge in [0.2, 0.25) is 0 Å². The fraction of sp³-hybridized carbons (Fsp3) is 0.562. The first kappa shape index (κ1) is 13.9. The molecule has 1 aromatic carbocycles. The van der Waals surface area contributed by atoms with Gasteiger partial charge < -0.3 is 5.32 Å². The second kappa shape index (κ2) is 5.24. The highest BCUT2D eigenvalue weighted by atomic mass is 16.2. The van der Waals surface area contributed by atoms with Crippen LogP contribution in [-0.4, -0.2) is 19.1 Å². The first-order valence-electron chi connectivity index (χ1n) is 7.03. The monoisotopic (exact) mass is 260 g/mol. The highest BCUT2D eigenvalue weighted by Crippen LogP contribution is 2.34. The normalized spacial score (nSPS) is 18.9. The maximum atomic E-state index is 12.3. The van der Waals surface area contributed by atoms with Crippen molar-refractivity contribution in [3.8, 4) is 0 Å². The zero-order valence-corrected chi connectivity index (χ0v) is 12.4. The van der Waals surface area contributed by atoms with Crippen LogP contribution in [0.4, 0.5) is 10.5 Å². The SMILES string of the molecule is CC1CCN(C(=O)NCC(C)(C)C)c2ccccc21. The zero-order valence-electron chi connectivity index (χ0n) is 12.4. The van der Waals surface area contributed by atoms with Crippen molar-refractivity contribution >= 4 is 11.7 Å². The third-order valence-corrected chi connectivity index (χ3v) is 3.56. The van der Waals surface area contributed by atoms with Gasteiger partial charge in [-0.3, -0.25) is 4.90 Å². The van der Waals surface area contributed by atoms with Crippen molar-refractivity contribution in [3.05, 3.63) is 29.8 Å². The van der Waals surface area contributed by atoms with E-state index in [1.54, 1.807) is 0 Å². The summed E-state index contributed by atoms with van der Waals surface area (Å²) < 4.78 is 0. The van der Waals surface area contributed by atoms with Gasteiger partial charge >= 0.3 is 6.03 Å². The Morgan fingerprint density at radius 1 is 1.37 bits per heavy atom. The zero-order chi connectivity index (χ0) is 14.0. The van der Waals surface area contributed by atoms with E-state index in [9.17, 15) is 4.79 Å². The van der Waals surface area contributed by atoms with E-state index in [2.05, 4.69) is 39.1 Å². The summed E-state index contributed by atoms with van der Waals surface area (Å²) in [4.78, 5) is 14.2. The summed E-state index contributed by atoms with van der Waals surface area (Å²) in [7, 11) is 0. The molecule has 0 fully saturated rings. The van der Waals surface area contributed by atoms with E-state index in [-0.39, 0.29) is 11.4 Å². The highest BCUT2D eigenvalue weighted by molar-refractivity contribution is 5.93. The standard InChI is InChI=1S/C16H24N2O/c1-12-9-10-18(14-8-6-5-7-13(12)14)15(19)17-11-16(2,3)4/h5-8,12H,9-11H2,1-4H3,(H,17,19). The molecule has 1 heterocycles. The number of amides is 2. The van der Waals surface area contributed by atoms with E-state index in [0.717, 1.165) is 18.7 Å². The van der Waals surface area contributed by atoms with Crippen LogP contribution in [0.3, 0.4) is 0 Å². The van der Waals surface area contributed by atoms with Crippen molar-refractivity contribution in [2.75, 3.05) is 18.0 Å². The predicted octanol–water partition coefficient (Wildman–Crippen LogP) is 3.76. The Morgan fingerprint density at radius 3 is 2.74 bits per heavy atom. The molecule has 0 saturated heterocycles. The van der Waals surface area contributed by atoms with Crippen molar-refractivity contribution in [2.45, 2.75) is 40.0 Å². The Balaban J connectivity index is 2.14. The highest BCUT2D eigenvalue weighted by Gasteiger charge is 2.26. The molecule has 19 heavy (non-hydrogen) atoms. The summed E-state index contributed by atoms with van der Waals surface area (Å²) in [5.41, 5.74) is 2.45. The number of para-hydroxylation sites is 1. The molecule has 1 aromatic rings. The molecule has 1 atom stereocenters. The average Bonchev–Trinajstić information content (AvgIpc) is 2.36. The van der Waals surface area contributed by atoms with Crippen LogP contribution in [0.25, 0.3) is 0 Å². The first-order valence-corrected chi connectivity index (χ1v) is 7.03. The van der Waals surface area contributed by atoms with Crippen molar-refractivity contribution in [3.63, 3.8) is 0 Å². The van der Waals surface area contributed by atoms with Gasteiger partial charge in [-0.2, -0.15) is 0 Å².